The van der Waals surface area contributed by atoms with Gasteiger partial charge in [-0.15, -0.1) is 0 Å². The largest absolute Gasteiger partial charge is 0.508 e. The van der Waals surface area contributed by atoms with Crippen molar-refractivity contribution >= 4 is 0 Å². The van der Waals surface area contributed by atoms with Crippen LogP contribution in [-0.2, 0) is 6.42 Å². The van der Waals surface area contributed by atoms with Gasteiger partial charge in [-0.25, -0.2) is 0 Å². The number of phenolic OH excluding ortho intramolecular Hbond substituents is 2. The van der Waals surface area contributed by atoms with Crippen molar-refractivity contribution in [3.8, 4) is 17.2 Å². The number of aliphatic hydroxyl groups excluding tert-OH is 1. The van der Waals surface area contributed by atoms with Crippen LogP contribution in [0.5, 0.6) is 17.2 Å². The molecule has 2 aromatic rings. The predicted molar refractivity (Wildman–Crippen MR) is 88.9 cm³/mol. The van der Waals surface area contributed by atoms with Gasteiger partial charge in [0.15, 0.2) is 0 Å². The fourth-order valence-corrected chi connectivity index (χ4v) is 2.47. The monoisotopic (exact) mass is 317 g/mol. The van der Waals surface area contributed by atoms with E-state index in [2.05, 4.69) is 5.32 Å². The normalized spacial score (nSPS) is 13.5. The van der Waals surface area contributed by atoms with Crippen LogP contribution in [0.3, 0.4) is 0 Å². The first-order chi connectivity index (χ1) is 11.0. The second kappa shape index (κ2) is 7.85. The van der Waals surface area contributed by atoms with E-state index in [9.17, 15) is 15.3 Å². The molecule has 0 aromatic heterocycles. The Labute approximate surface area is 136 Å². The Hall–Kier alpha value is -2.24. The number of methoxy groups -OCH3 is 1. The van der Waals surface area contributed by atoms with Crippen molar-refractivity contribution in [3.05, 3.63) is 53.6 Å². The second-order valence-corrected chi connectivity index (χ2v) is 5.66. The van der Waals surface area contributed by atoms with Gasteiger partial charge in [-0.1, -0.05) is 12.1 Å². The van der Waals surface area contributed by atoms with Gasteiger partial charge in [0, 0.05) is 18.7 Å². The van der Waals surface area contributed by atoms with Crippen molar-refractivity contribution < 1.29 is 20.1 Å². The molecule has 0 heterocycles. The number of benzene rings is 2. The maximum absolute atomic E-state index is 10.2. The number of aliphatic hydroxyl groups is 1. The summed E-state index contributed by atoms with van der Waals surface area (Å²) in [5.41, 5.74) is 1.62. The van der Waals surface area contributed by atoms with Crippen molar-refractivity contribution in [3.63, 3.8) is 0 Å². The molecule has 0 fully saturated rings. The molecule has 0 aliphatic carbocycles. The van der Waals surface area contributed by atoms with Crippen molar-refractivity contribution in [1.29, 1.82) is 0 Å². The number of rotatable bonds is 7. The molecule has 0 aliphatic heterocycles. The molecular formula is C18H23NO4. The van der Waals surface area contributed by atoms with E-state index in [1.165, 1.54) is 18.2 Å². The number of hydrogen-bond donors (Lipinski definition) is 4. The van der Waals surface area contributed by atoms with Crippen LogP contribution < -0.4 is 10.1 Å². The van der Waals surface area contributed by atoms with Gasteiger partial charge < -0.3 is 25.4 Å². The number of hydrogen-bond acceptors (Lipinski definition) is 5. The maximum atomic E-state index is 10.2. The summed E-state index contributed by atoms with van der Waals surface area (Å²) in [5, 5.41) is 32.3. The molecule has 0 saturated carbocycles. The highest BCUT2D eigenvalue weighted by Gasteiger charge is 2.12. The van der Waals surface area contributed by atoms with Crippen LogP contribution in [0.4, 0.5) is 0 Å². The zero-order valence-corrected chi connectivity index (χ0v) is 13.4. The molecule has 124 valence electrons. The summed E-state index contributed by atoms with van der Waals surface area (Å²) in [6.45, 7) is 2.36. The quantitative estimate of drug-likeness (QED) is 0.630. The highest BCUT2D eigenvalue weighted by atomic mass is 16.5. The molecular weight excluding hydrogens is 294 g/mol. The molecule has 0 amide bonds. The number of aromatic hydroxyl groups is 2. The Bertz CT molecular complexity index is 624. The first kappa shape index (κ1) is 17.1. The summed E-state index contributed by atoms with van der Waals surface area (Å²) in [6, 6.07) is 12.1. The average molecular weight is 317 g/mol. The van der Waals surface area contributed by atoms with Crippen LogP contribution in [-0.4, -0.2) is 35.0 Å². The van der Waals surface area contributed by atoms with Gasteiger partial charge >= 0.3 is 0 Å². The SMILES string of the molecule is COc1cccc(C[C@@H](C)NC[C@@H](O)c2cc(O)cc(O)c2)c1. The Balaban J connectivity index is 1.89. The Morgan fingerprint density at radius 3 is 2.43 bits per heavy atom. The lowest BCUT2D eigenvalue weighted by Crippen LogP contribution is -2.32. The molecule has 4 N–H and O–H groups in total. The van der Waals surface area contributed by atoms with Gasteiger partial charge in [0.25, 0.3) is 0 Å². The Morgan fingerprint density at radius 2 is 1.78 bits per heavy atom. The summed E-state index contributed by atoms with van der Waals surface area (Å²) < 4.78 is 5.21. The molecule has 5 heteroatoms. The van der Waals surface area contributed by atoms with Crippen molar-refractivity contribution in [1.82, 2.24) is 5.32 Å². The lowest BCUT2D eigenvalue weighted by Gasteiger charge is -2.18. The second-order valence-electron chi connectivity index (χ2n) is 5.66. The van der Waals surface area contributed by atoms with Gasteiger partial charge in [-0.3, -0.25) is 0 Å². The lowest BCUT2D eigenvalue weighted by molar-refractivity contribution is 0.170. The number of ether oxygens (including phenoxy) is 1. The van der Waals surface area contributed by atoms with Crippen LogP contribution in [0, 0.1) is 0 Å². The molecule has 0 bridgehead atoms. The smallest absolute Gasteiger partial charge is 0.119 e. The molecule has 0 spiro atoms. The summed E-state index contributed by atoms with van der Waals surface area (Å²) >= 11 is 0. The zero-order valence-electron chi connectivity index (χ0n) is 13.4. The predicted octanol–water partition coefficient (Wildman–Crippen LogP) is 2.36. The van der Waals surface area contributed by atoms with Crippen molar-refractivity contribution in [2.45, 2.75) is 25.5 Å². The minimum Gasteiger partial charge on any atom is -0.508 e. The molecule has 23 heavy (non-hydrogen) atoms. The number of nitrogens with one attached hydrogen (secondary N) is 1. The Morgan fingerprint density at radius 1 is 1.09 bits per heavy atom. The van der Waals surface area contributed by atoms with Gasteiger partial charge in [0.2, 0.25) is 0 Å². The first-order valence-corrected chi connectivity index (χ1v) is 7.55. The molecule has 2 aromatic carbocycles. The molecule has 0 unspecified atom stereocenters. The topological polar surface area (TPSA) is 82.0 Å². The third-order valence-electron chi connectivity index (χ3n) is 3.65. The van der Waals surface area contributed by atoms with Crippen LogP contribution in [0.15, 0.2) is 42.5 Å². The maximum Gasteiger partial charge on any atom is 0.119 e. The highest BCUT2D eigenvalue weighted by Crippen LogP contribution is 2.24. The van der Waals surface area contributed by atoms with Crippen LogP contribution >= 0.6 is 0 Å². The van der Waals surface area contributed by atoms with E-state index < -0.39 is 6.10 Å². The fraction of sp³-hybridized carbons (Fsp3) is 0.333. The van der Waals surface area contributed by atoms with Crippen molar-refractivity contribution in [2.75, 3.05) is 13.7 Å². The van der Waals surface area contributed by atoms with Crippen molar-refractivity contribution in [2.24, 2.45) is 0 Å². The van der Waals surface area contributed by atoms with E-state index >= 15 is 0 Å². The third kappa shape index (κ3) is 5.16. The molecule has 5 nitrogen and oxygen atoms in total. The van der Waals surface area contributed by atoms with Crippen LogP contribution in [0.25, 0.3) is 0 Å². The lowest BCUT2D eigenvalue weighted by atomic mass is 10.1. The van der Waals surface area contributed by atoms with Gasteiger partial charge in [0.05, 0.1) is 13.2 Å². The fourth-order valence-electron chi connectivity index (χ4n) is 2.47. The van der Waals surface area contributed by atoms with Crippen LogP contribution in [0.2, 0.25) is 0 Å². The van der Waals surface area contributed by atoms with Gasteiger partial charge in [-0.2, -0.15) is 0 Å². The Kier molecular flexibility index (Phi) is 5.84. The summed E-state index contributed by atoms with van der Waals surface area (Å²) in [4.78, 5) is 0. The standard InChI is InChI=1S/C18H23NO4/c1-12(6-13-4-3-5-17(7-13)23-2)19-11-18(22)14-8-15(20)10-16(21)9-14/h3-5,7-10,12,18-22H,6,11H2,1-2H3/t12-,18-/m1/s1. The summed E-state index contributed by atoms with van der Waals surface area (Å²) in [7, 11) is 1.64. The van der Waals surface area contributed by atoms with Crippen LogP contribution in [0.1, 0.15) is 24.2 Å². The van der Waals surface area contributed by atoms with Gasteiger partial charge in [0.1, 0.15) is 17.2 Å². The number of phenols is 2. The third-order valence-corrected chi connectivity index (χ3v) is 3.65. The van der Waals surface area contributed by atoms with E-state index in [0.29, 0.717) is 12.1 Å². The summed E-state index contributed by atoms with van der Waals surface area (Å²) in [5.74, 6) is 0.692. The van der Waals surface area contributed by atoms with E-state index in [1.54, 1.807) is 7.11 Å². The van der Waals surface area contributed by atoms with E-state index in [4.69, 9.17) is 4.74 Å². The summed E-state index contributed by atoms with van der Waals surface area (Å²) in [6.07, 6.45) is -0.00405. The highest BCUT2D eigenvalue weighted by molar-refractivity contribution is 5.37. The molecule has 0 saturated heterocycles. The van der Waals surface area contributed by atoms with E-state index in [1.807, 2.05) is 31.2 Å². The van der Waals surface area contributed by atoms with E-state index in [-0.39, 0.29) is 17.5 Å². The zero-order chi connectivity index (χ0) is 16.8. The minimum atomic E-state index is -0.805. The first-order valence-electron chi connectivity index (χ1n) is 7.55. The van der Waals surface area contributed by atoms with E-state index in [0.717, 1.165) is 17.7 Å². The molecule has 0 aliphatic rings. The average Bonchev–Trinajstić information content (AvgIpc) is 2.51. The molecule has 2 atom stereocenters. The molecule has 2 rings (SSSR count). The van der Waals surface area contributed by atoms with Gasteiger partial charge in [-0.05, 0) is 48.7 Å². The molecule has 0 radical (unpaired) electrons. The minimum absolute atomic E-state index is 0.0662.